The van der Waals surface area contributed by atoms with Gasteiger partial charge in [-0.25, -0.2) is 0 Å². The number of carbonyl (C=O) groups is 2. The second kappa shape index (κ2) is 25.5. The molecule has 34 heavy (non-hydrogen) atoms. The molecular formula is C30H50O4. The number of unbranched alkanes of at least 4 members (excludes halogenated alkanes) is 8. The van der Waals surface area contributed by atoms with E-state index in [2.05, 4.69) is 56.4 Å². The van der Waals surface area contributed by atoms with Crippen molar-refractivity contribution in [3.8, 4) is 0 Å². The van der Waals surface area contributed by atoms with Crippen LogP contribution < -0.4 is 0 Å². The fourth-order valence-corrected chi connectivity index (χ4v) is 3.56. The van der Waals surface area contributed by atoms with Gasteiger partial charge in [0, 0.05) is 12.8 Å². The minimum absolute atomic E-state index is 0.119. The molecule has 0 aliphatic heterocycles. The second-order valence-electron chi connectivity index (χ2n) is 8.85. The van der Waals surface area contributed by atoms with Crippen LogP contribution in [-0.4, -0.2) is 23.1 Å². The molecule has 0 saturated heterocycles. The highest BCUT2D eigenvalue weighted by Crippen LogP contribution is 2.13. The average molecular weight is 475 g/mol. The SMILES string of the molecule is CC/C=C\C/C=C\C/C=C\C/C=C\C(CCCCCC(=O)O)OC(=O)CCCCCCCCC. The molecule has 0 heterocycles. The fourth-order valence-electron chi connectivity index (χ4n) is 3.56. The lowest BCUT2D eigenvalue weighted by molar-refractivity contribution is -0.147. The predicted molar refractivity (Wildman–Crippen MR) is 144 cm³/mol. The Bertz CT molecular complexity index is 601. The van der Waals surface area contributed by atoms with Gasteiger partial charge in [-0.2, -0.15) is 0 Å². The Hall–Kier alpha value is -2.10. The summed E-state index contributed by atoms with van der Waals surface area (Å²) in [6.45, 7) is 4.35. The summed E-state index contributed by atoms with van der Waals surface area (Å²) in [6.07, 6.45) is 32.7. The number of carbonyl (C=O) groups excluding carboxylic acids is 1. The zero-order valence-corrected chi connectivity index (χ0v) is 21.9. The Labute approximate surface area is 209 Å². The van der Waals surface area contributed by atoms with Crippen LogP contribution in [0.3, 0.4) is 0 Å². The quantitative estimate of drug-likeness (QED) is 0.0912. The van der Waals surface area contributed by atoms with Crippen LogP contribution in [0.1, 0.15) is 123 Å². The van der Waals surface area contributed by atoms with E-state index < -0.39 is 5.97 Å². The van der Waals surface area contributed by atoms with Crippen molar-refractivity contribution in [1.82, 2.24) is 0 Å². The van der Waals surface area contributed by atoms with E-state index in [1.54, 1.807) is 0 Å². The average Bonchev–Trinajstić information content (AvgIpc) is 2.81. The summed E-state index contributed by atoms with van der Waals surface area (Å²) < 4.78 is 5.73. The normalized spacial score (nSPS) is 13.0. The first-order valence-corrected chi connectivity index (χ1v) is 13.6. The van der Waals surface area contributed by atoms with Gasteiger partial charge in [0.25, 0.3) is 0 Å². The maximum atomic E-state index is 12.3. The van der Waals surface area contributed by atoms with E-state index in [0.717, 1.165) is 57.8 Å². The van der Waals surface area contributed by atoms with Crippen LogP contribution in [0.5, 0.6) is 0 Å². The molecule has 0 saturated carbocycles. The minimum atomic E-state index is -0.753. The van der Waals surface area contributed by atoms with E-state index in [0.29, 0.717) is 12.8 Å². The zero-order valence-electron chi connectivity index (χ0n) is 21.9. The number of carboxylic acid groups (broad SMARTS) is 1. The molecule has 0 aromatic rings. The summed E-state index contributed by atoms with van der Waals surface area (Å²) in [7, 11) is 0. The lowest BCUT2D eigenvalue weighted by Crippen LogP contribution is -2.16. The monoisotopic (exact) mass is 474 g/mol. The van der Waals surface area contributed by atoms with Crippen LogP contribution in [0.25, 0.3) is 0 Å². The third kappa shape index (κ3) is 24.5. The first-order valence-electron chi connectivity index (χ1n) is 13.6. The zero-order chi connectivity index (χ0) is 25.1. The van der Waals surface area contributed by atoms with E-state index in [9.17, 15) is 9.59 Å². The van der Waals surface area contributed by atoms with E-state index in [1.807, 2.05) is 6.08 Å². The van der Waals surface area contributed by atoms with Gasteiger partial charge in [0.05, 0.1) is 0 Å². The van der Waals surface area contributed by atoms with Gasteiger partial charge in [0.2, 0.25) is 0 Å². The summed E-state index contributed by atoms with van der Waals surface area (Å²) in [5.41, 5.74) is 0. The van der Waals surface area contributed by atoms with Crippen LogP contribution in [0.15, 0.2) is 48.6 Å². The number of aliphatic carboxylic acids is 1. The number of esters is 1. The molecule has 4 heteroatoms. The Kier molecular flexibility index (Phi) is 23.9. The Morgan fingerprint density at radius 3 is 1.82 bits per heavy atom. The van der Waals surface area contributed by atoms with Crippen LogP contribution in [0.4, 0.5) is 0 Å². The molecule has 0 amide bonds. The van der Waals surface area contributed by atoms with Crippen LogP contribution >= 0.6 is 0 Å². The van der Waals surface area contributed by atoms with Crippen molar-refractivity contribution in [2.75, 3.05) is 0 Å². The van der Waals surface area contributed by atoms with Crippen molar-refractivity contribution >= 4 is 11.9 Å². The van der Waals surface area contributed by atoms with Gasteiger partial charge in [-0.05, 0) is 57.4 Å². The maximum Gasteiger partial charge on any atom is 0.306 e. The molecule has 0 spiro atoms. The predicted octanol–water partition coefficient (Wildman–Crippen LogP) is 8.88. The van der Waals surface area contributed by atoms with Crippen molar-refractivity contribution in [2.24, 2.45) is 0 Å². The highest BCUT2D eigenvalue weighted by atomic mass is 16.5. The molecule has 0 fully saturated rings. The summed E-state index contributed by atoms with van der Waals surface area (Å²) in [5.74, 6) is -0.872. The highest BCUT2D eigenvalue weighted by molar-refractivity contribution is 5.69. The smallest absolute Gasteiger partial charge is 0.306 e. The molecule has 0 aromatic carbocycles. The Morgan fingerprint density at radius 1 is 0.676 bits per heavy atom. The molecular weight excluding hydrogens is 424 g/mol. The molecule has 4 nitrogen and oxygen atoms in total. The third-order valence-corrected chi connectivity index (χ3v) is 5.55. The lowest BCUT2D eigenvalue weighted by Gasteiger charge is -2.14. The molecule has 0 radical (unpaired) electrons. The van der Waals surface area contributed by atoms with E-state index >= 15 is 0 Å². The number of hydrogen-bond donors (Lipinski definition) is 1. The molecule has 0 aliphatic carbocycles. The van der Waals surface area contributed by atoms with Crippen molar-refractivity contribution in [1.29, 1.82) is 0 Å². The van der Waals surface area contributed by atoms with E-state index in [4.69, 9.17) is 9.84 Å². The number of carboxylic acids is 1. The number of rotatable bonds is 23. The molecule has 1 atom stereocenters. The molecule has 1 N–H and O–H groups in total. The van der Waals surface area contributed by atoms with Crippen molar-refractivity contribution in [2.45, 2.75) is 129 Å². The van der Waals surface area contributed by atoms with E-state index in [-0.39, 0.29) is 18.5 Å². The summed E-state index contributed by atoms with van der Waals surface area (Å²) in [6, 6.07) is 0. The minimum Gasteiger partial charge on any atom is -0.481 e. The molecule has 194 valence electrons. The molecule has 0 bridgehead atoms. The van der Waals surface area contributed by atoms with Gasteiger partial charge in [0.1, 0.15) is 6.10 Å². The highest BCUT2D eigenvalue weighted by Gasteiger charge is 2.11. The van der Waals surface area contributed by atoms with Gasteiger partial charge in [-0.1, -0.05) is 101 Å². The van der Waals surface area contributed by atoms with Crippen LogP contribution in [0.2, 0.25) is 0 Å². The standard InChI is InChI=1S/C30H50O4/c1-3-5-7-9-11-12-13-14-16-17-20-24-28(25-21-19-22-26-29(31)32)34-30(33)27-23-18-15-10-8-6-4-2/h5,7,11-12,14,16,20,24,28H,3-4,6,8-10,13,15,17-19,21-23,25-27H2,1-2H3,(H,31,32)/b7-5-,12-11-,16-14-,24-20-. The first kappa shape index (κ1) is 31.9. The van der Waals surface area contributed by atoms with Gasteiger partial charge in [0.15, 0.2) is 0 Å². The Morgan fingerprint density at radius 2 is 1.21 bits per heavy atom. The Balaban J connectivity index is 4.32. The van der Waals surface area contributed by atoms with Crippen molar-refractivity contribution in [3.05, 3.63) is 48.6 Å². The van der Waals surface area contributed by atoms with Gasteiger partial charge >= 0.3 is 11.9 Å². The molecule has 0 rings (SSSR count). The van der Waals surface area contributed by atoms with Crippen LogP contribution in [0, 0.1) is 0 Å². The lowest BCUT2D eigenvalue weighted by atomic mass is 10.1. The van der Waals surface area contributed by atoms with Crippen LogP contribution in [-0.2, 0) is 14.3 Å². The first-order chi connectivity index (χ1) is 16.6. The largest absolute Gasteiger partial charge is 0.481 e. The number of hydrogen-bond acceptors (Lipinski definition) is 3. The summed E-state index contributed by atoms with van der Waals surface area (Å²) in [4.78, 5) is 23.0. The number of ether oxygens (including phenoxy) is 1. The van der Waals surface area contributed by atoms with Gasteiger partial charge < -0.3 is 9.84 Å². The van der Waals surface area contributed by atoms with Gasteiger partial charge in [-0.15, -0.1) is 0 Å². The van der Waals surface area contributed by atoms with Crippen molar-refractivity contribution < 1.29 is 19.4 Å². The number of allylic oxidation sites excluding steroid dienone is 7. The second-order valence-corrected chi connectivity index (χ2v) is 8.85. The van der Waals surface area contributed by atoms with Gasteiger partial charge in [-0.3, -0.25) is 9.59 Å². The summed E-state index contributed by atoms with van der Waals surface area (Å²) >= 11 is 0. The van der Waals surface area contributed by atoms with Crippen molar-refractivity contribution in [3.63, 3.8) is 0 Å². The fraction of sp³-hybridized carbons (Fsp3) is 0.667. The molecule has 1 unspecified atom stereocenters. The topological polar surface area (TPSA) is 63.6 Å². The summed E-state index contributed by atoms with van der Waals surface area (Å²) in [5, 5.41) is 8.78. The third-order valence-electron chi connectivity index (χ3n) is 5.55. The van der Waals surface area contributed by atoms with E-state index in [1.165, 1.54) is 32.1 Å². The molecule has 0 aliphatic rings. The molecule has 0 aromatic heterocycles. The maximum absolute atomic E-state index is 12.3.